The fourth-order valence-corrected chi connectivity index (χ4v) is 4.12. The Bertz CT molecular complexity index is 1380. The van der Waals surface area contributed by atoms with Gasteiger partial charge in [-0.1, -0.05) is 23.2 Å². The van der Waals surface area contributed by atoms with Gasteiger partial charge in [-0.3, -0.25) is 9.36 Å². The van der Waals surface area contributed by atoms with Crippen molar-refractivity contribution in [2.45, 2.75) is 32.9 Å². The van der Waals surface area contributed by atoms with Gasteiger partial charge in [0.05, 0.1) is 17.1 Å². The number of halogens is 2. The van der Waals surface area contributed by atoms with Crippen molar-refractivity contribution < 1.29 is 0 Å². The molecule has 146 valence electrons. The molecule has 0 radical (unpaired) electrons. The Morgan fingerprint density at radius 2 is 2.00 bits per heavy atom. The van der Waals surface area contributed by atoms with Crippen molar-refractivity contribution >= 4 is 56.8 Å². The van der Waals surface area contributed by atoms with E-state index in [1.807, 2.05) is 30.7 Å². The van der Waals surface area contributed by atoms with Crippen LogP contribution in [0.3, 0.4) is 0 Å². The predicted molar refractivity (Wildman–Crippen MR) is 116 cm³/mol. The smallest absolute Gasteiger partial charge is 0.261 e. The molecule has 0 saturated heterocycles. The Labute approximate surface area is 176 Å². The highest BCUT2D eigenvalue weighted by molar-refractivity contribution is 6.31. The van der Waals surface area contributed by atoms with Crippen LogP contribution in [0.5, 0.6) is 0 Å². The summed E-state index contributed by atoms with van der Waals surface area (Å²) < 4.78 is 3.55. The zero-order valence-electron chi connectivity index (χ0n) is 15.9. The van der Waals surface area contributed by atoms with Crippen molar-refractivity contribution in [3.8, 4) is 0 Å². The Hall–Kier alpha value is -2.70. The van der Waals surface area contributed by atoms with Gasteiger partial charge in [0.1, 0.15) is 11.0 Å². The number of benzene rings is 1. The summed E-state index contributed by atoms with van der Waals surface area (Å²) in [6, 6.07) is 7.32. The van der Waals surface area contributed by atoms with Gasteiger partial charge in [0.15, 0.2) is 5.65 Å². The summed E-state index contributed by atoms with van der Waals surface area (Å²) in [6.07, 6.45) is 4.45. The largest absolute Gasteiger partial charge is 0.292 e. The average Bonchev–Trinajstić information content (AvgIpc) is 3.26. The lowest BCUT2D eigenvalue weighted by atomic mass is 10.1. The first kappa shape index (κ1) is 18.3. The highest BCUT2D eigenvalue weighted by Crippen LogP contribution is 2.31. The van der Waals surface area contributed by atoms with Gasteiger partial charge in [-0.25, -0.2) is 14.6 Å². The molecule has 8 heteroatoms. The third-order valence-corrected chi connectivity index (χ3v) is 5.72. The number of hydrogen-bond acceptors (Lipinski definition) is 4. The van der Waals surface area contributed by atoms with E-state index in [1.54, 1.807) is 29.0 Å². The monoisotopic (exact) mass is 425 g/mol. The summed E-state index contributed by atoms with van der Waals surface area (Å²) in [6.45, 7) is 4.69. The molecule has 0 saturated carbocycles. The molecule has 0 unspecified atom stereocenters. The summed E-state index contributed by atoms with van der Waals surface area (Å²) in [5, 5.41) is 6.85. The van der Waals surface area contributed by atoms with E-state index in [9.17, 15) is 4.79 Å². The molecule has 29 heavy (non-hydrogen) atoms. The molecule has 0 aliphatic carbocycles. The second kappa shape index (κ2) is 6.68. The minimum atomic E-state index is -0.0528. The molecule has 6 nitrogen and oxygen atoms in total. The van der Waals surface area contributed by atoms with Crippen molar-refractivity contribution in [3.63, 3.8) is 0 Å². The third kappa shape index (κ3) is 2.94. The standard InChI is InChI=1S/C21H17Cl2N5O/c1-11(2)28-20-14(10-24-28)8-13(18(23)26-20)7-12-5-6-27-19(12)25-17-9-15(22)3-4-16(17)21(27)29/h3-4,7-11H,5-6H2,1-2H3/b12-7-. The summed E-state index contributed by atoms with van der Waals surface area (Å²) in [4.78, 5) is 22.1. The zero-order chi connectivity index (χ0) is 20.3. The van der Waals surface area contributed by atoms with Crippen molar-refractivity contribution in [2.24, 2.45) is 0 Å². The maximum atomic E-state index is 12.8. The molecule has 0 N–H and O–H groups in total. The number of fused-ring (bicyclic) bond motifs is 3. The van der Waals surface area contributed by atoms with Gasteiger partial charge in [0.2, 0.25) is 0 Å². The molecule has 0 fully saturated rings. The SMILES string of the molecule is CC(C)n1ncc2cc(/C=C3/CCn4c3nc3cc(Cl)ccc3c4=O)c(Cl)nc21. The van der Waals surface area contributed by atoms with E-state index in [-0.39, 0.29) is 11.6 Å². The number of aromatic nitrogens is 5. The lowest BCUT2D eigenvalue weighted by Crippen LogP contribution is -2.20. The predicted octanol–water partition coefficient (Wildman–Crippen LogP) is 4.97. The van der Waals surface area contributed by atoms with Crippen LogP contribution in [0.2, 0.25) is 10.2 Å². The van der Waals surface area contributed by atoms with Gasteiger partial charge in [-0.05, 0) is 56.2 Å². The van der Waals surface area contributed by atoms with Crippen LogP contribution in [0.4, 0.5) is 0 Å². The van der Waals surface area contributed by atoms with Crippen LogP contribution in [0.25, 0.3) is 33.6 Å². The second-order valence-electron chi connectivity index (χ2n) is 7.44. The third-order valence-electron chi connectivity index (χ3n) is 5.18. The summed E-state index contributed by atoms with van der Waals surface area (Å²) in [7, 11) is 0. The molecule has 0 amide bonds. The van der Waals surface area contributed by atoms with Gasteiger partial charge in [0.25, 0.3) is 5.56 Å². The highest BCUT2D eigenvalue weighted by atomic mass is 35.5. The Balaban J connectivity index is 1.66. The van der Waals surface area contributed by atoms with Crippen LogP contribution in [0.15, 0.2) is 35.3 Å². The van der Waals surface area contributed by atoms with Crippen LogP contribution in [0, 0.1) is 0 Å². The second-order valence-corrected chi connectivity index (χ2v) is 8.23. The lowest BCUT2D eigenvalue weighted by Gasteiger charge is -2.08. The van der Waals surface area contributed by atoms with E-state index < -0.39 is 0 Å². The molecule has 0 spiro atoms. The van der Waals surface area contributed by atoms with E-state index in [2.05, 4.69) is 10.1 Å². The number of hydrogen-bond donors (Lipinski definition) is 0. The van der Waals surface area contributed by atoms with Crippen LogP contribution < -0.4 is 5.56 Å². The minimum absolute atomic E-state index is 0.0528. The van der Waals surface area contributed by atoms with E-state index in [0.29, 0.717) is 39.9 Å². The topological polar surface area (TPSA) is 65.6 Å². The highest BCUT2D eigenvalue weighted by Gasteiger charge is 2.22. The van der Waals surface area contributed by atoms with Crippen LogP contribution in [0.1, 0.15) is 37.7 Å². The molecule has 1 aromatic carbocycles. The van der Waals surface area contributed by atoms with E-state index >= 15 is 0 Å². The molecule has 3 aromatic heterocycles. The first-order chi connectivity index (χ1) is 13.9. The van der Waals surface area contributed by atoms with Gasteiger partial charge in [-0.15, -0.1) is 0 Å². The van der Waals surface area contributed by atoms with Crippen molar-refractivity contribution in [1.82, 2.24) is 24.3 Å². The number of pyridine rings is 1. The summed E-state index contributed by atoms with van der Waals surface area (Å²) >= 11 is 12.6. The molecule has 4 heterocycles. The van der Waals surface area contributed by atoms with Gasteiger partial charge in [0, 0.05) is 28.6 Å². The molecule has 1 aliphatic rings. The van der Waals surface area contributed by atoms with E-state index in [4.69, 9.17) is 28.2 Å². The molecular formula is C21H17Cl2N5O. The van der Waals surface area contributed by atoms with Gasteiger partial charge < -0.3 is 0 Å². The van der Waals surface area contributed by atoms with Crippen molar-refractivity contribution in [1.29, 1.82) is 0 Å². The maximum Gasteiger partial charge on any atom is 0.261 e. The average molecular weight is 426 g/mol. The van der Waals surface area contributed by atoms with Crippen LogP contribution >= 0.6 is 23.2 Å². The molecule has 5 rings (SSSR count). The number of nitrogens with zero attached hydrogens (tertiary/aromatic N) is 5. The summed E-state index contributed by atoms with van der Waals surface area (Å²) in [5.74, 6) is 0.652. The Morgan fingerprint density at radius 1 is 1.17 bits per heavy atom. The lowest BCUT2D eigenvalue weighted by molar-refractivity contribution is 0.546. The van der Waals surface area contributed by atoms with Crippen LogP contribution in [-0.2, 0) is 6.54 Å². The molecular weight excluding hydrogens is 409 g/mol. The molecule has 0 bridgehead atoms. The fourth-order valence-electron chi connectivity index (χ4n) is 3.77. The van der Waals surface area contributed by atoms with E-state index in [0.717, 1.165) is 22.2 Å². The molecule has 0 atom stereocenters. The molecule has 4 aromatic rings. The number of rotatable bonds is 2. The quantitative estimate of drug-likeness (QED) is 0.425. The fraction of sp³-hybridized carbons (Fsp3) is 0.238. The zero-order valence-corrected chi connectivity index (χ0v) is 17.4. The van der Waals surface area contributed by atoms with Crippen molar-refractivity contribution in [2.75, 3.05) is 0 Å². The maximum absolute atomic E-state index is 12.8. The Kier molecular flexibility index (Phi) is 4.22. The van der Waals surface area contributed by atoms with Crippen molar-refractivity contribution in [3.05, 3.63) is 62.4 Å². The van der Waals surface area contributed by atoms with Gasteiger partial charge in [-0.2, -0.15) is 5.10 Å². The minimum Gasteiger partial charge on any atom is -0.292 e. The number of allylic oxidation sites excluding steroid dienone is 1. The first-order valence-electron chi connectivity index (χ1n) is 9.37. The summed E-state index contributed by atoms with van der Waals surface area (Å²) in [5.41, 5.74) is 3.03. The Morgan fingerprint density at radius 3 is 2.79 bits per heavy atom. The van der Waals surface area contributed by atoms with Gasteiger partial charge >= 0.3 is 0 Å². The molecule has 1 aliphatic heterocycles. The first-order valence-corrected chi connectivity index (χ1v) is 10.1. The van der Waals surface area contributed by atoms with Crippen LogP contribution in [-0.4, -0.2) is 24.3 Å². The van der Waals surface area contributed by atoms with E-state index in [1.165, 1.54) is 0 Å². The normalized spacial score (nSPS) is 15.1.